The lowest BCUT2D eigenvalue weighted by molar-refractivity contribution is -0.139. The van der Waals surface area contributed by atoms with Gasteiger partial charge in [0.15, 0.2) is 0 Å². The summed E-state index contributed by atoms with van der Waals surface area (Å²) in [6.45, 7) is 2.53. The molecular formula is C20H20F3NO. The lowest BCUT2D eigenvalue weighted by Crippen LogP contribution is -2.31. The number of likely N-dealkylation sites (tertiary alicyclic amines) is 1. The van der Waals surface area contributed by atoms with Crippen molar-refractivity contribution in [3.63, 3.8) is 0 Å². The highest BCUT2D eigenvalue weighted by Gasteiger charge is 2.38. The van der Waals surface area contributed by atoms with E-state index in [1.165, 1.54) is 12.1 Å². The second-order valence-electron chi connectivity index (χ2n) is 6.46. The zero-order chi connectivity index (χ0) is 18.0. The van der Waals surface area contributed by atoms with Crippen LogP contribution in [0.4, 0.5) is 13.2 Å². The van der Waals surface area contributed by atoms with Crippen molar-refractivity contribution in [2.75, 3.05) is 6.54 Å². The first kappa shape index (κ1) is 17.5. The lowest BCUT2D eigenvalue weighted by Gasteiger charge is -2.25. The Labute approximate surface area is 145 Å². The number of halogens is 3. The molecule has 1 unspecified atom stereocenters. The van der Waals surface area contributed by atoms with Crippen LogP contribution in [0.1, 0.15) is 36.1 Å². The Morgan fingerprint density at radius 3 is 2.40 bits per heavy atom. The van der Waals surface area contributed by atoms with E-state index in [2.05, 4.69) is 0 Å². The average Bonchev–Trinajstić information content (AvgIpc) is 2.95. The number of rotatable bonds is 4. The van der Waals surface area contributed by atoms with Gasteiger partial charge in [0.25, 0.3) is 0 Å². The highest BCUT2D eigenvalue weighted by atomic mass is 19.4. The van der Waals surface area contributed by atoms with Crippen LogP contribution in [-0.2, 0) is 17.4 Å². The first-order valence-electron chi connectivity index (χ1n) is 8.38. The van der Waals surface area contributed by atoms with E-state index in [0.717, 1.165) is 11.6 Å². The van der Waals surface area contributed by atoms with Gasteiger partial charge in [-0.05, 0) is 37.0 Å². The SMILES string of the molecule is C[C@H](c1ccccc1)N1CCC(Cc2ccccc2C(F)(F)F)C1=O. The molecule has 2 atom stereocenters. The molecule has 0 aromatic heterocycles. The third-order valence-corrected chi connectivity index (χ3v) is 4.89. The van der Waals surface area contributed by atoms with Gasteiger partial charge in [-0.2, -0.15) is 13.2 Å². The number of amides is 1. The molecule has 3 rings (SSSR count). The molecule has 1 aliphatic rings. The quantitative estimate of drug-likeness (QED) is 0.774. The summed E-state index contributed by atoms with van der Waals surface area (Å²) in [7, 11) is 0. The fourth-order valence-electron chi connectivity index (χ4n) is 3.49. The molecule has 1 amide bonds. The van der Waals surface area contributed by atoms with E-state index in [0.29, 0.717) is 13.0 Å². The Morgan fingerprint density at radius 2 is 1.72 bits per heavy atom. The number of carbonyl (C=O) groups excluding carboxylic acids is 1. The third kappa shape index (κ3) is 3.70. The van der Waals surface area contributed by atoms with Gasteiger partial charge >= 0.3 is 6.18 Å². The maximum atomic E-state index is 13.2. The lowest BCUT2D eigenvalue weighted by atomic mass is 9.94. The van der Waals surface area contributed by atoms with Gasteiger partial charge in [0.2, 0.25) is 5.91 Å². The monoisotopic (exact) mass is 347 g/mol. The number of alkyl halides is 3. The first-order valence-corrected chi connectivity index (χ1v) is 8.38. The van der Waals surface area contributed by atoms with Crippen LogP contribution >= 0.6 is 0 Å². The maximum absolute atomic E-state index is 13.2. The zero-order valence-corrected chi connectivity index (χ0v) is 14.0. The molecule has 0 spiro atoms. The predicted molar refractivity (Wildman–Crippen MR) is 89.8 cm³/mol. The molecule has 0 radical (unpaired) electrons. The normalized spacial score (nSPS) is 19.3. The summed E-state index contributed by atoms with van der Waals surface area (Å²) in [6.07, 6.45) is -3.68. The summed E-state index contributed by atoms with van der Waals surface area (Å²) in [5, 5.41) is 0. The number of hydrogen-bond donors (Lipinski definition) is 0. The van der Waals surface area contributed by atoms with Crippen molar-refractivity contribution >= 4 is 5.91 Å². The highest BCUT2D eigenvalue weighted by Crippen LogP contribution is 2.35. The number of nitrogens with zero attached hydrogens (tertiary/aromatic N) is 1. The van der Waals surface area contributed by atoms with Crippen molar-refractivity contribution in [1.82, 2.24) is 4.90 Å². The molecular weight excluding hydrogens is 327 g/mol. The summed E-state index contributed by atoms with van der Waals surface area (Å²) in [6, 6.07) is 15.1. The first-order chi connectivity index (χ1) is 11.9. The smallest absolute Gasteiger partial charge is 0.336 e. The molecule has 132 valence electrons. The topological polar surface area (TPSA) is 20.3 Å². The second-order valence-corrected chi connectivity index (χ2v) is 6.46. The van der Waals surface area contributed by atoms with Gasteiger partial charge in [-0.15, -0.1) is 0 Å². The summed E-state index contributed by atoms with van der Waals surface area (Å²) in [5.74, 6) is -0.456. The molecule has 0 aliphatic carbocycles. The molecule has 2 aromatic rings. The van der Waals surface area contributed by atoms with Crippen molar-refractivity contribution in [2.45, 2.75) is 32.0 Å². The largest absolute Gasteiger partial charge is 0.416 e. The van der Waals surface area contributed by atoms with E-state index >= 15 is 0 Å². The summed E-state index contributed by atoms with van der Waals surface area (Å²) in [4.78, 5) is 14.5. The van der Waals surface area contributed by atoms with Crippen LogP contribution in [0.25, 0.3) is 0 Å². The van der Waals surface area contributed by atoms with Crippen molar-refractivity contribution in [3.05, 3.63) is 71.3 Å². The van der Waals surface area contributed by atoms with Gasteiger partial charge < -0.3 is 4.90 Å². The maximum Gasteiger partial charge on any atom is 0.416 e. The van der Waals surface area contributed by atoms with Crippen LogP contribution in [0.15, 0.2) is 54.6 Å². The van der Waals surface area contributed by atoms with Crippen LogP contribution in [0.3, 0.4) is 0 Å². The molecule has 2 aromatic carbocycles. The van der Waals surface area contributed by atoms with E-state index < -0.39 is 17.7 Å². The minimum absolute atomic E-state index is 0.0617. The second kappa shape index (κ2) is 6.90. The summed E-state index contributed by atoms with van der Waals surface area (Å²) in [5.41, 5.74) is 0.590. The van der Waals surface area contributed by atoms with Crippen LogP contribution in [0, 0.1) is 5.92 Å². The number of carbonyl (C=O) groups is 1. The summed E-state index contributed by atoms with van der Waals surface area (Å²) >= 11 is 0. The molecule has 1 fully saturated rings. The van der Waals surface area contributed by atoms with Crippen LogP contribution in [0.5, 0.6) is 0 Å². The summed E-state index contributed by atoms with van der Waals surface area (Å²) < 4.78 is 39.5. The van der Waals surface area contributed by atoms with Gasteiger partial charge in [-0.3, -0.25) is 4.79 Å². The van der Waals surface area contributed by atoms with Crippen LogP contribution in [-0.4, -0.2) is 17.4 Å². The average molecular weight is 347 g/mol. The molecule has 5 heteroatoms. The number of hydrogen-bond acceptors (Lipinski definition) is 1. The minimum Gasteiger partial charge on any atom is -0.336 e. The number of benzene rings is 2. The molecule has 0 N–H and O–H groups in total. The van der Waals surface area contributed by atoms with Crippen molar-refractivity contribution in [2.24, 2.45) is 5.92 Å². The highest BCUT2D eigenvalue weighted by molar-refractivity contribution is 5.81. The Bertz CT molecular complexity index is 742. The fourth-order valence-corrected chi connectivity index (χ4v) is 3.49. The van der Waals surface area contributed by atoms with Gasteiger partial charge in [-0.25, -0.2) is 0 Å². The molecule has 2 nitrogen and oxygen atoms in total. The fraction of sp³-hybridized carbons (Fsp3) is 0.350. The minimum atomic E-state index is -4.39. The molecule has 1 saturated heterocycles. The molecule has 0 bridgehead atoms. The predicted octanol–water partition coefficient (Wildman–Crippen LogP) is 4.86. The molecule has 25 heavy (non-hydrogen) atoms. The standard InChI is InChI=1S/C20H20F3NO/c1-14(15-7-3-2-4-8-15)24-12-11-17(19(24)25)13-16-9-5-6-10-18(16)20(21,22)23/h2-10,14,17H,11-13H2,1H3/t14-,17?/m1/s1. The van der Waals surface area contributed by atoms with E-state index in [-0.39, 0.29) is 23.9 Å². The van der Waals surface area contributed by atoms with E-state index in [4.69, 9.17) is 0 Å². The Kier molecular flexibility index (Phi) is 4.84. The Balaban J connectivity index is 1.76. The Morgan fingerprint density at radius 1 is 1.08 bits per heavy atom. The zero-order valence-electron chi connectivity index (χ0n) is 14.0. The molecule has 1 heterocycles. The van der Waals surface area contributed by atoms with Gasteiger partial charge in [0.05, 0.1) is 11.6 Å². The van der Waals surface area contributed by atoms with Gasteiger partial charge in [0, 0.05) is 12.5 Å². The van der Waals surface area contributed by atoms with Crippen molar-refractivity contribution < 1.29 is 18.0 Å². The van der Waals surface area contributed by atoms with Gasteiger partial charge in [-0.1, -0.05) is 48.5 Å². The van der Waals surface area contributed by atoms with Crippen molar-refractivity contribution in [3.8, 4) is 0 Å². The molecule has 0 saturated carbocycles. The van der Waals surface area contributed by atoms with Crippen LogP contribution < -0.4 is 0 Å². The van der Waals surface area contributed by atoms with Crippen molar-refractivity contribution in [1.29, 1.82) is 0 Å². The van der Waals surface area contributed by atoms with Gasteiger partial charge in [0.1, 0.15) is 0 Å². The molecule has 1 aliphatic heterocycles. The van der Waals surface area contributed by atoms with E-state index in [9.17, 15) is 18.0 Å². The third-order valence-electron chi connectivity index (χ3n) is 4.89. The van der Waals surface area contributed by atoms with E-state index in [1.807, 2.05) is 37.3 Å². The van der Waals surface area contributed by atoms with Crippen LogP contribution in [0.2, 0.25) is 0 Å². The van der Waals surface area contributed by atoms with E-state index in [1.54, 1.807) is 11.0 Å². The Hall–Kier alpha value is -2.30.